The third-order valence-electron chi connectivity index (χ3n) is 5.09. The van der Waals surface area contributed by atoms with Gasteiger partial charge >= 0.3 is 0 Å². The Morgan fingerprint density at radius 2 is 2.19 bits per heavy atom. The summed E-state index contributed by atoms with van der Waals surface area (Å²) >= 11 is 1.77. The number of hydrogen-bond acceptors (Lipinski definition) is 4. The summed E-state index contributed by atoms with van der Waals surface area (Å²) in [5, 5.41) is 9.08. The highest BCUT2D eigenvalue weighted by Gasteiger charge is 2.38. The first-order valence-corrected chi connectivity index (χ1v) is 10.4. The molecule has 1 aliphatic heterocycles. The lowest BCUT2D eigenvalue weighted by Gasteiger charge is -2.20. The van der Waals surface area contributed by atoms with Crippen LogP contribution in [0.1, 0.15) is 31.1 Å². The van der Waals surface area contributed by atoms with Gasteiger partial charge in [0.2, 0.25) is 5.91 Å². The molecule has 2 unspecified atom stereocenters. The van der Waals surface area contributed by atoms with Crippen LogP contribution in [0.2, 0.25) is 0 Å². The van der Waals surface area contributed by atoms with Crippen LogP contribution in [0, 0.1) is 0 Å². The van der Waals surface area contributed by atoms with Crippen LogP contribution in [-0.2, 0) is 11.2 Å². The van der Waals surface area contributed by atoms with Crippen LogP contribution in [0.5, 0.6) is 0 Å². The topological polar surface area (TPSA) is 60.0 Å². The molecule has 1 aromatic rings. The fraction of sp³-hybridized carbons (Fsp3) is 0.684. The predicted molar refractivity (Wildman–Crippen MR) is 123 cm³/mol. The maximum absolute atomic E-state index is 11.9. The van der Waals surface area contributed by atoms with Crippen LogP contribution in [0.4, 0.5) is 0 Å². The van der Waals surface area contributed by atoms with Gasteiger partial charge in [0.1, 0.15) is 6.54 Å². The number of aliphatic imine (C=N–C) groups is 1. The van der Waals surface area contributed by atoms with Crippen molar-refractivity contribution in [3.63, 3.8) is 0 Å². The molecule has 1 amide bonds. The van der Waals surface area contributed by atoms with Crippen molar-refractivity contribution < 1.29 is 4.79 Å². The van der Waals surface area contributed by atoms with Crippen molar-refractivity contribution in [1.82, 2.24) is 20.4 Å². The first-order valence-electron chi connectivity index (χ1n) is 9.56. The molecule has 3 rings (SSSR count). The van der Waals surface area contributed by atoms with E-state index in [1.807, 2.05) is 0 Å². The van der Waals surface area contributed by atoms with Crippen molar-refractivity contribution in [2.24, 2.45) is 4.99 Å². The molecule has 1 aromatic heterocycles. The Morgan fingerprint density at radius 3 is 2.81 bits per heavy atom. The maximum atomic E-state index is 11.9. The molecular weight excluding hydrogens is 473 g/mol. The van der Waals surface area contributed by atoms with E-state index in [0.29, 0.717) is 12.1 Å². The van der Waals surface area contributed by atoms with Gasteiger partial charge in [-0.05, 0) is 44.1 Å². The maximum Gasteiger partial charge on any atom is 0.243 e. The fourth-order valence-corrected chi connectivity index (χ4v) is 4.18. The van der Waals surface area contributed by atoms with Gasteiger partial charge in [-0.1, -0.05) is 6.07 Å². The molecule has 8 heteroatoms. The molecule has 2 N–H and O–H groups in total. The molecule has 2 atom stereocenters. The third kappa shape index (κ3) is 6.90. The standard InChI is InChI=1S/C19H31N5OS.HI/c1-14-11-15(13-24(14)16-6-7-16)22-19(21-12-18(25)23(2)3)20-9-8-17-5-4-10-26-17;/h4-5,10,14-16H,6-9,11-13H2,1-3H3,(H2,20,21,22);1H. The average Bonchev–Trinajstić information content (AvgIpc) is 3.19. The number of carbonyl (C=O) groups excluding carboxylic acids is 1. The van der Waals surface area contributed by atoms with E-state index in [4.69, 9.17) is 0 Å². The molecule has 1 saturated carbocycles. The minimum atomic E-state index is 0. The Balaban J connectivity index is 0.00000261. The first-order chi connectivity index (χ1) is 12.5. The van der Waals surface area contributed by atoms with Gasteiger partial charge in [-0.3, -0.25) is 9.69 Å². The van der Waals surface area contributed by atoms with Crippen molar-refractivity contribution in [3.05, 3.63) is 22.4 Å². The molecular formula is C19H32IN5OS. The van der Waals surface area contributed by atoms with Crippen molar-refractivity contribution in [2.75, 3.05) is 33.7 Å². The van der Waals surface area contributed by atoms with Crippen molar-refractivity contribution >= 4 is 47.2 Å². The van der Waals surface area contributed by atoms with Gasteiger partial charge in [-0.2, -0.15) is 0 Å². The minimum Gasteiger partial charge on any atom is -0.356 e. The number of guanidine groups is 1. The molecule has 27 heavy (non-hydrogen) atoms. The van der Waals surface area contributed by atoms with Gasteiger partial charge in [0.25, 0.3) is 0 Å². The van der Waals surface area contributed by atoms with Crippen molar-refractivity contribution in [1.29, 1.82) is 0 Å². The van der Waals surface area contributed by atoms with Crippen LogP contribution < -0.4 is 10.6 Å². The summed E-state index contributed by atoms with van der Waals surface area (Å²) in [7, 11) is 3.53. The van der Waals surface area contributed by atoms with Crippen LogP contribution >= 0.6 is 35.3 Å². The van der Waals surface area contributed by atoms with Gasteiger partial charge in [0.15, 0.2) is 5.96 Å². The van der Waals surface area contributed by atoms with E-state index >= 15 is 0 Å². The summed E-state index contributed by atoms with van der Waals surface area (Å²) in [6, 6.07) is 6.04. The number of hydrogen-bond donors (Lipinski definition) is 2. The third-order valence-corrected chi connectivity index (χ3v) is 6.03. The van der Waals surface area contributed by atoms with Gasteiger partial charge < -0.3 is 15.5 Å². The van der Waals surface area contributed by atoms with Crippen LogP contribution in [0.15, 0.2) is 22.5 Å². The number of halogens is 1. The summed E-state index contributed by atoms with van der Waals surface area (Å²) in [5.74, 6) is 0.773. The lowest BCUT2D eigenvalue weighted by molar-refractivity contribution is -0.127. The van der Waals surface area contributed by atoms with E-state index in [2.05, 4.69) is 45.0 Å². The number of likely N-dealkylation sites (tertiary alicyclic amines) is 1. The second kappa shape index (κ2) is 10.6. The quantitative estimate of drug-likeness (QED) is 0.339. The molecule has 2 fully saturated rings. The molecule has 152 valence electrons. The Hall–Kier alpha value is -0.870. The van der Waals surface area contributed by atoms with E-state index in [0.717, 1.165) is 37.9 Å². The van der Waals surface area contributed by atoms with E-state index in [9.17, 15) is 4.79 Å². The van der Waals surface area contributed by atoms with Crippen LogP contribution in [0.3, 0.4) is 0 Å². The highest BCUT2D eigenvalue weighted by molar-refractivity contribution is 14.0. The number of amides is 1. The first kappa shape index (κ1) is 22.4. The van der Waals surface area contributed by atoms with E-state index in [1.165, 1.54) is 17.7 Å². The second-order valence-corrected chi connectivity index (χ2v) is 8.60. The lowest BCUT2D eigenvalue weighted by Crippen LogP contribution is -2.45. The van der Waals surface area contributed by atoms with Crippen molar-refractivity contribution in [3.8, 4) is 0 Å². The number of thiophene rings is 1. The smallest absolute Gasteiger partial charge is 0.243 e. The number of nitrogens with one attached hydrogen (secondary N) is 2. The molecule has 1 aliphatic carbocycles. The van der Waals surface area contributed by atoms with Crippen LogP contribution in [-0.4, -0.2) is 73.5 Å². The highest BCUT2D eigenvalue weighted by atomic mass is 127. The summed E-state index contributed by atoms with van der Waals surface area (Å²) < 4.78 is 0. The largest absolute Gasteiger partial charge is 0.356 e. The summed E-state index contributed by atoms with van der Waals surface area (Å²) in [6.07, 6.45) is 4.78. The Morgan fingerprint density at radius 1 is 1.41 bits per heavy atom. The molecule has 0 aromatic carbocycles. The zero-order chi connectivity index (χ0) is 18.5. The minimum absolute atomic E-state index is 0. The number of carbonyl (C=O) groups is 1. The molecule has 6 nitrogen and oxygen atoms in total. The second-order valence-electron chi connectivity index (χ2n) is 7.56. The van der Waals surface area contributed by atoms with E-state index in [-0.39, 0.29) is 36.4 Å². The predicted octanol–water partition coefficient (Wildman–Crippen LogP) is 2.16. The van der Waals surface area contributed by atoms with E-state index in [1.54, 1.807) is 30.3 Å². The Bertz CT molecular complexity index is 618. The molecule has 2 aliphatic rings. The summed E-state index contributed by atoms with van der Waals surface area (Å²) in [4.78, 5) is 22.0. The Labute approximate surface area is 183 Å². The molecule has 0 spiro atoms. The van der Waals surface area contributed by atoms with Crippen molar-refractivity contribution in [2.45, 2.75) is 50.7 Å². The van der Waals surface area contributed by atoms with Crippen LogP contribution in [0.25, 0.3) is 0 Å². The van der Waals surface area contributed by atoms with Gasteiger partial charge in [-0.25, -0.2) is 4.99 Å². The van der Waals surface area contributed by atoms with E-state index < -0.39 is 0 Å². The number of nitrogens with zero attached hydrogens (tertiary/aromatic N) is 3. The SMILES string of the molecule is CC1CC(NC(=NCC(=O)N(C)C)NCCc2cccs2)CN1C1CC1.I. The Kier molecular flexibility index (Phi) is 8.81. The lowest BCUT2D eigenvalue weighted by atomic mass is 10.2. The number of likely N-dealkylation sites (N-methyl/N-ethyl adjacent to an activating group) is 1. The number of rotatable bonds is 7. The monoisotopic (exact) mass is 505 g/mol. The van der Waals surface area contributed by atoms with Gasteiger partial charge in [0.05, 0.1) is 0 Å². The summed E-state index contributed by atoms with van der Waals surface area (Å²) in [6.45, 7) is 4.38. The fourth-order valence-electron chi connectivity index (χ4n) is 3.47. The molecule has 2 heterocycles. The molecule has 0 radical (unpaired) electrons. The average molecular weight is 505 g/mol. The zero-order valence-electron chi connectivity index (χ0n) is 16.5. The van der Waals surface area contributed by atoms with Gasteiger partial charge in [0, 0.05) is 50.2 Å². The summed E-state index contributed by atoms with van der Waals surface area (Å²) in [5.41, 5.74) is 0. The zero-order valence-corrected chi connectivity index (χ0v) is 19.6. The molecule has 1 saturated heterocycles. The molecule has 0 bridgehead atoms. The normalized spacial score (nSPS) is 23.0. The van der Waals surface area contributed by atoms with Gasteiger partial charge in [-0.15, -0.1) is 35.3 Å². The highest BCUT2D eigenvalue weighted by Crippen LogP contribution is 2.33.